The maximum Gasteiger partial charge on any atom is 0.305 e. The third-order valence-corrected chi connectivity index (χ3v) is 5.59. The topological polar surface area (TPSA) is 98.5 Å². The molecular weight excluding hydrogens is 392 g/mol. The molecule has 1 fully saturated rings. The number of ketones is 1. The number of aryl methyl sites for hydroxylation is 1. The lowest BCUT2D eigenvalue weighted by atomic mass is 10.0. The first kappa shape index (κ1) is 22.7. The van der Waals surface area contributed by atoms with E-state index in [0.717, 1.165) is 36.1 Å². The molecule has 3 rings (SSSR count). The minimum absolute atomic E-state index is 0.00342. The highest BCUT2D eigenvalue weighted by molar-refractivity contribution is 5.90. The van der Waals surface area contributed by atoms with Gasteiger partial charge in [0.05, 0.1) is 13.5 Å². The Morgan fingerprint density at radius 1 is 0.968 bits per heavy atom. The number of hydrogen-bond acceptors (Lipinski definition) is 5. The molecular formula is C25H30N2O4. The van der Waals surface area contributed by atoms with Gasteiger partial charge in [0.2, 0.25) is 5.91 Å². The van der Waals surface area contributed by atoms with Gasteiger partial charge in [-0.1, -0.05) is 36.4 Å². The highest BCUT2D eigenvalue weighted by atomic mass is 16.5. The average Bonchev–Trinajstić information content (AvgIpc) is 3.50. The van der Waals surface area contributed by atoms with Crippen molar-refractivity contribution in [3.8, 4) is 0 Å². The first-order chi connectivity index (χ1) is 14.9. The quantitative estimate of drug-likeness (QED) is 0.540. The van der Waals surface area contributed by atoms with Crippen molar-refractivity contribution in [2.24, 2.45) is 5.73 Å². The van der Waals surface area contributed by atoms with E-state index in [1.54, 1.807) is 0 Å². The summed E-state index contributed by atoms with van der Waals surface area (Å²) in [6.07, 6.45) is 3.65. The normalized spacial score (nSPS) is 17.1. The van der Waals surface area contributed by atoms with Crippen LogP contribution in [0, 0.1) is 0 Å². The number of carbonyl (C=O) groups excluding carboxylic acids is 3. The first-order valence-corrected chi connectivity index (χ1v) is 10.8. The zero-order chi connectivity index (χ0) is 22.2. The van der Waals surface area contributed by atoms with Gasteiger partial charge in [-0.2, -0.15) is 0 Å². The van der Waals surface area contributed by atoms with Crippen LogP contribution in [0.5, 0.6) is 0 Å². The Bertz CT molecular complexity index is 906. The number of amides is 1. The summed E-state index contributed by atoms with van der Waals surface area (Å²) in [5.41, 5.74) is 9.97. The van der Waals surface area contributed by atoms with Crippen molar-refractivity contribution in [1.82, 2.24) is 0 Å². The van der Waals surface area contributed by atoms with Crippen LogP contribution in [-0.4, -0.2) is 30.8 Å². The van der Waals surface area contributed by atoms with Gasteiger partial charge in [-0.15, -0.1) is 0 Å². The lowest BCUT2D eigenvalue weighted by Crippen LogP contribution is -2.11. The lowest BCUT2D eigenvalue weighted by molar-refractivity contribution is -0.141. The second kappa shape index (κ2) is 10.9. The van der Waals surface area contributed by atoms with Gasteiger partial charge in [-0.3, -0.25) is 14.4 Å². The summed E-state index contributed by atoms with van der Waals surface area (Å²) in [5, 5.41) is 2.94. The summed E-state index contributed by atoms with van der Waals surface area (Å²) in [7, 11) is 1.32. The molecule has 3 N–H and O–H groups in total. The van der Waals surface area contributed by atoms with E-state index in [-0.39, 0.29) is 36.5 Å². The number of ether oxygens (including phenoxy) is 1. The van der Waals surface area contributed by atoms with Gasteiger partial charge in [0, 0.05) is 36.9 Å². The van der Waals surface area contributed by atoms with Crippen molar-refractivity contribution < 1.29 is 19.1 Å². The Labute approximate surface area is 183 Å². The number of methoxy groups -OCH3 is 1. The largest absolute Gasteiger partial charge is 0.469 e. The Morgan fingerprint density at radius 2 is 1.61 bits per heavy atom. The summed E-state index contributed by atoms with van der Waals surface area (Å²) in [6.45, 7) is 0. The van der Waals surface area contributed by atoms with E-state index < -0.39 is 0 Å². The molecule has 0 aliphatic heterocycles. The van der Waals surface area contributed by atoms with Crippen LogP contribution in [-0.2, 0) is 32.0 Å². The van der Waals surface area contributed by atoms with Crippen LogP contribution in [0.15, 0.2) is 48.5 Å². The molecule has 2 unspecified atom stereocenters. The number of hydrogen-bond donors (Lipinski definition) is 2. The molecule has 1 aliphatic carbocycles. The van der Waals surface area contributed by atoms with E-state index in [1.807, 2.05) is 48.5 Å². The van der Waals surface area contributed by atoms with Crippen LogP contribution in [0.4, 0.5) is 5.69 Å². The second-order valence-electron chi connectivity index (χ2n) is 8.14. The maximum atomic E-state index is 12.2. The molecule has 0 bridgehead atoms. The smallest absolute Gasteiger partial charge is 0.305 e. The second-order valence-corrected chi connectivity index (χ2v) is 8.14. The fourth-order valence-electron chi connectivity index (χ4n) is 3.57. The molecule has 0 spiro atoms. The molecule has 2 aromatic carbocycles. The number of nitrogens with one attached hydrogen (secondary N) is 1. The van der Waals surface area contributed by atoms with Gasteiger partial charge in [0.15, 0.2) is 0 Å². The van der Waals surface area contributed by atoms with Crippen molar-refractivity contribution in [3.63, 3.8) is 0 Å². The van der Waals surface area contributed by atoms with Gasteiger partial charge < -0.3 is 15.8 Å². The van der Waals surface area contributed by atoms with Crippen molar-refractivity contribution in [3.05, 3.63) is 65.2 Å². The summed E-state index contributed by atoms with van der Waals surface area (Å²) < 4.78 is 4.55. The van der Waals surface area contributed by atoms with Crippen molar-refractivity contribution in [2.75, 3.05) is 12.4 Å². The van der Waals surface area contributed by atoms with Crippen LogP contribution in [0.3, 0.4) is 0 Å². The monoisotopic (exact) mass is 422 g/mol. The lowest BCUT2D eigenvalue weighted by Gasteiger charge is -2.07. The molecule has 0 radical (unpaired) electrons. The predicted molar refractivity (Wildman–Crippen MR) is 120 cm³/mol. The number of Topliss-reactive ketones (excluding diaryl/α,β-unsaturated/α-hetero) is 1. The Balaban J connectivity index is 1.35. The van der Waals surface area contributed by atoms with Gasteiger partial charge >= 0.3 is 5.97 Å². The fraction of sp³-hybridized carbons (Fsp3) is 0.400. The van der Waals surface area contributed by atoms with Crippen LogP contribution < -0.4 is 11.1 Å². The molecule has 1 aliphatic rings. The van der Waals surface area contributed by atoms with Gasteiger partial charge in [0.1, 0.15) is 5.78 Å². The molecule has 1 amide bonds. The molecule has 0 heterocycles. The standard InChI is InChI=1S/C25H30N2O4/c1-31-25(30)14-13-21(28)15-18-7-5-17(6-8-18)3-2-4-24(29)27-20-11-9-19(10-12-20)22-16-23(22)26/h5-12,22-23H,2-4,13-16,26H2,1H3,(H,27,29). The summed E-state index contributed by atoms with van der Waals surface area (Å²) in [4.78, 5) is 35.2. The fourth-order valence-corrected chi connectivity index (χ4v) is 3.57. The summed E-state index contributed by atoms with van der Waals surface area (Å²) in [5.74, 6) is 0.119. The number of nitrogens with two attached hydrogens (primary N) is 1. The van der Waals surface area contributed by atoms with Crippen molar-refractivity contribution in [1.29, 1.82) is 0 Å². The third-order valence-electron chi connectivity index (χ3n) is 5.59. The SMILES string of the molecule is COC(=O)CCC(=O)Cc1ccc(CCCC(=O)Nc2ccc(C3CC3N)cc2)cc1. The van der Waals surface area contributed by atoms with Crippen molar-refractivity contribution >= 4 is 23.3 Å². The summed E-state index contributed by atoms with van der Waals surface area (Å²) >= 11 is 0. The number of rotatable bonds is 11. The highest BCUT2D eigenvalue weighted by Crippen LogP contribution is 2.39. The number of esters is 1. The first-order valence-electron chi connectivity index (χ1n) is 10.8. The van der Waals surface area contributed by atoms with E-state index in [1.165, 1.54) is 12.7 Å². The molecule has 0 aromatic heterocycles. The maximum absolute atomic E-state index is 12.2. The molecule has 6 nitrogen and oxygen atoms in total. The molecule has 6 heteroatoms. The van der Waals surface area contributed by atoms with Crippen LogP contribution in [0.1, 0.15) is 54.7 Å². The Hall–Kier alpha value is -2.99. The third kappa shape index (κ3) is 7.33. The molecule has 0 saturated heterocycles. The van der Waals surface area contributed by atoms with E-state index in [9.17, 15) is 14.4 Å². The van der Waals surface area contributed by atoms with E-state index in [4.69, 9.17) is 5.73 Å². The van der Waals surface area contributed by atoms with E-state index in [2.05, 4.69) is 10.1 Å². The van der Waals surface area contributed by atoms with E-state index in [0.29, 0.717) is 18.8 Å². The number of benzene rings is 2. The summed E-state index contributed by atoms with van der Waals surface area (Å²) in [6, 6.07) is 16.1. The van der Waals surface area contributed by atoms with Crippen LogP contribution in [0.25, 0.3) is 0 Å². The molecule has 1 saturated carbocycles. The molecule has 2 atom stereocenters. The van der Waals surface area contributed by atoms with Gasteiger partial charge in [-0.05, 0) is 48.1 Å². The minimum atomic E-state index is -0.368. The van der Waals surface area contributed by atoms with Crippen LogP contribution in [0.2, 0.25) is 0 Å². The minimum Gasteiger partial charge on any atom is -0.469 e. The Morgan fingerprint density at radius 3 is 2.23 bits per heavy atom. The van der Waals surface area contributed by atoms with Crippen LogP contribution >= 0.6 is 0 Å². The van der Waals surface area contributed by atoms with Gasteiger partial charge in [0.25, 0.3) is 0 Å². The highest BCUT2D eigenvalue weighted by Gasteiger charge is 2.34. The van der Waals surface area contributed by atoms with Crippen molar-refractivity contribution in [2.45, 2.75) is 56.9 Å². The molecule has 2 aromatic rings. The molecule has 164 valence electrons. The van der Waals surface area contributed by atoms with E-state index >= 15 is 0 Å². The Kier molecular flexibility index (Phi) is 7.95. The number of anilines is 1. The zero-order valence-corrected chi connectivity index (χ0v) is 17.9. The molecule has 31 heavy (non-hydrogen) atoms. The predicted octanol–water partition coefficient (Wildman–Crippen LogP) is 3.53. The number of carbonyl (C=O) groups is 3. The van der Waals surface area contributed by atoms with Gasteiger partial charge in [-0.25, -0.2) is 0 Å². The average molecular weight is 423 g/mol. The zero-order valence-electron chi connectivity index (χ0n) is 17.9.